The van der Waals surface area contributed by atoms with Crippen molar-refractivity contribution in [1.82, 2.24) is 10.2 Å². The number of carbonyl (C=O) groups excluding carboxylic acids is 1. The highest BCUT2D eigenvalue weighted by molar-refractivity contribution is 5.80. The zero-order valence-corrected chi connectivity index (χ0v) is 9.99. The summed E-state index contributed by atoms with van der Waals surface area (Å²) in [7, 11) is 1.79. The summed E-state index contributed by atoms with van der Waals surface area (Å²) in [6.07, 6.45) is 2.51. The molecule has 4 nitrogen and oxygen atoms in total. The maximum atomic E-state index is 11.1. The zero-order chi connectivity index (χ0) is 11.4. The second kappa shape index (κ2) is 5.47. The number of likely N-dealkylation sites (N-methyl/N-ethyl adjacent to an activating group) is 1. The Kier molecular flexibility index (Phi) is 4.54. The van der Waals surface area contributed by atoms with Crippen LogP contribution in [0, 0.1) is 5.92 Å². The van der Waals surface area contributed by atoms with E-state index in [9.17, 15) is 4.79 Å². The highest BCUT2D eigenvalue weighted by atomic mass is 16.1. The van der Waals surface area contributed by atoms with Crippen LogP contribution in [-0.4, -0.2) is 43.0 Å². The fraction of sp³-hybridized carbons (Fsp3) is 0.909. The van der Waals surface area contributed by atoms with Crippen LogP contribution in [0.4, 0.5) is 0 Å². The standard InChI is InChI=1S/C11H23N3O/c1-8-4-5-9(2)14(6-8)7-10(13-3)11(12)15/h8-10,13H,4-7H2,1-3H3,(H2,12,15). The third-order valence-corrected chi connectivity index (χ3v) is 3.36. The van der Waals surface area contributed by atoms with Gasteiger partial charge in [0.25, 0.3) is 0 Å². The van der Waals surface area contributed by atoms with Gasteiger partial charge in [0.05, 0.1) is 6.04 Å². The lowest BCUT2D eigenvalue weighted by atomic mass is 9.94. The molecule has 1 rings (SSSR count). The van der Waals surface area contributed by atoms with E-state index >= 15 is 0 Å². The van der Waals surface area contributed by atoms with Gasteiger partial charge in [-0.1, -0.05) is 6.92 Å². The molecule has 0 radical (unpaired) electrons. The Morgan fingerprint density at radius 1 is 1.53 bits per heavy atom. The monoisotopic (exact) mass is 213 g/mol. The van der Waals surface area contributed by atoms with Crippen molar-refractivity contribution in [3.05, 3.63) is 0 Å². The summed E-state index contributed by atoms with van der Waals surface area (Å²) in [5.41, 5.74) is 5.32. The van der Waals surface area contributed by atoms with E-state index in [-0.39, 0.29) is 11.9 Å². The molecule has 0 aromatic rings. The lowest BCUT2D eigenvalue weighted by Crippen LogP contribution is -2.52. The number of likely N-dealkylation sites (tertiary alicyclic amines) is 1. The van der Waals surface area contributed by atoms with Gasteiger partial charge in [0, 0.05) is 19.1 Å². The number of hydrogen-bond acceptors (Lipinski definition) is 3. The molecule has 15 heavy (non-hydrogen) atoms. The Hall–Kier alpha value is -0.610. The highest BCUT2D eigenvalue weighted by Gasteiger charge is 2.26. The first-order valence-corrected chi connectivity index (χ1v) is 5.75. The summed E-state index contributed by atoms with van der Waals surface area (Å²) in [4.78, 5) is 13.5. The van der Waals surface area contributed by atoms with Crippen LogP contribution in [0.1, 0.15) is 26.7 Å². The predicted octanol–water partition coefficient (Wildman–Crippen LogP) is 0.180. The van der Waals surface area contributed by atoms with E-state index in [2.05, 4.69) is 24.1 Å². The Balaban J connectivity index is 2.50. The minimum Gasteiger partial charge on any atom is -0.368 e. The Bertz CT molecular complexity index is 220. The second-order valence-electron chi connectivity index (χ2n) is 4.73. The minimum absolute atomic E-state index is 0.224. The molecule has 3 unspecified atom stereocenters. The molecule has 3 atom stereocenters. The fourth-order valence-electron chi connectivity index (χ4n) is 2.19. The lowest BCUT2D eigenvalue weighted by Gasteiger charge is -2.38. The van der Waals surface area contributed by atoms with Crippen molar-refractivity contribution in [3.8, 4) is 0 Å². The van der Waals surface area contributed by atoms with Gasteiger partial charge in [-0.05, 0) is 32.7 Å². The van der Waals surface area contributed by atoms with Crippen LogP contribution in [0.3, 0.4) is 0 Å². The SMILES string of the molecule is CNC(CN1CC(C)CCC1C)C(N)=O. The van der Waals surface area contributed by atoms with E-state index in [0.717, 1.165) is 19.0 Å². The van der Waals surface area contributed by atoms with Crippen LogP contribution in [0.5, 0.6) is 0 Å². The molecule has 0 saturated carbocycles. The molecule has 3 N–H and O–H groups in total. The Labute approximate surface area is 92.2 Å². The van der Waals surface area contributed by atoms with Crippen molar-refractivity contribution in [3.63, 3.8) is 0 Å². The number of hydrogen-bond donors (Lipinski definition) is 2. The molecule has 0 aromatic heterocycles. The number of piperidine rings is 1. The smallest absolute Gasteiger partial charge is 0.235 e. The van der Waals surface area contributed by atoms with Crippen molar-refractivity contribution >= 4 is 5.91 Å². The van der Waals surface area contributed by atoms with E-state index in [1.54, 1.807) is 7.05 Å². The maximum Gasteiger partial charge on any atom is 0.235 e. The molecule has 0 bridgehead atoms. The summed E-state index contributed by atoms with van der Waals surface area (Å²) < 4.78 is 0. The first-order valence-electron chi connectivity index (χ1n) is 5.75. The molecule has 0 aliphatic carbocycles. The van der Waals surface area contributed by atoms with Gasteiger partial charge in [-0.2, -0.15) is 0 Å². The van der Waals surface area contributed by atoms with Crippen molar-refractivity contribution in [2.45, 2.75) is 38.8 Å². The van der Waals surface area contributed by atoms with Gasteiger partial charge in [0.1, 0.15) is 0 Å². The number of primary amides is 1. The average molecular weight is 213 g/mol. The van der Waals surface area contributed by atoms with E-state index < -0.39 is 0 Å². The van der Waals surface area contributed by atoms with Gasteiger partial charge in [-0.25, -0.2) is 0 Å². The van der Waals surface area contributed by atoms with Gasteiger partial charge < -0.3 is 11.1 Å². The third-order valence-electron chi connectivity index (χ3n) is 3.36. The van der Waals surface area contributed by atoms with Crippen LogP contribution < -0.4 is 11.1 Å². The Morgan fingerprint density at radius 2 is 2.20 bits per heavy atom. The summed E-state index contributed by atoms with van der Waals surface area (Å²) in [5, 5.41) is 2.97. The quantitative estimate of drug-likeness (QED) is 0.700. The molecular formula is C11H23N3O. The highest BCUT2D eigenvalue weighted by Crippen LogP contribution is 2.21. The van der Waals surface area contributed by atoms with E-state index in [0.29, 0.717) is 6.04 Å². The number of rotatable bonds is 4. The molecule has 1 amide bonds. The van der Waals surface area contributed by atoms with E-state index in [1.165, 1.54) is 12.8 Å². The average Bonchev–Trinajstić information content (AvgIpc) is 2.18. The normalized spacial score (nSPS) is 30.1. The minimum atomic E-state index is -0.261. The van der Waals surface area contributed by atoms with Gasteiger partial charge in [0.2, 0.25) is 5.91 Å². The summed E-state index contributed by atoms with van der Waals surface area (Å²) in [6, 6.07) is 0.342. The largest absolute Gasteiger partial charge is 0.368 e. The predicted molar refractivity (Wildman–Crippen MR) is 61.5 cm³/mol. The lowest BCUT2D eigenvalue weighted by molar-refractivity contribution is -0.120. The molecule has 1 heterocycles. The van der Waals surface area contributed by atoms with Crippen LogP contribution in [0.2, 0.25) is 0 Å². The summed E-state index contributed by atoms with van der Waals surface area (Å²) in [5.74, 6) is 0.467. The van der Waals surface area contributed by atoms with Crippen molar-refractivity contribution in [2.24, 2.45) is 11.7 Å². The molecule has 88 valence electrons. The van der Waals surface area contributed by atoms with Crippen LogP contribution >= 0.6 is 0 Å². The number of amides is 1. The van der Waals surface area contributed by atoms with Gasteiger partial charge in [0.15, 0.2) is 0 Å². The third kappa shape index (κ3) is 3.47. The number of carbonyl (C=O) groups is 1. The first-order chi connectivity index (χ1) is 7.04. The molecule has 0 spiro atoms. The second-order valence-corrected chi connectivity index (χ2v) is 4.73. The van der Waals surface area contributed by atoms with Crippen LogP contribution in [0.25, 0.3) is 0 Å². The Morgan fingerprint density at radius 3 is 2.73 bits per heavy atom. The number of nitrogens with two attached hydrogens (primary N) is 1. The molecule has 1 aliphatic rings. The fourth-order valence-corrected chi connectivity index (χ4v) is 2.19. The summed E-state index contributed by atoms with van der Waals surface area (Å²) >= 11 is 0. The van der Waals surface area contributed by atoms with Gasteiger partial charge in [-0.3, -0.25) is 9.69 Å². The number of nitrogens with one attached hydrogen (secondary N) is 1. The molecule has 1 fully saturated rings. The summed E-state index contributed by atoms with van der Waals surface area (Å²) in [6.45, 7) is 6.29. The van der Waals surface area contributed by atoms with Gasteiger partial charge in [-0.15, -0.1) is 0 Å². The molecule has 1 aliphatic heterocycles. The molecule has 0 aromatic carbocycles. The van der Waals surface area contributed by atoms with Crippen LogP contribution in [0.15, 0.2) is 0 Å². The van der Waals surface area contributed by atoms with Crippen molar-refractivity contribution in [2.75, 3.05) is 20.1 Å². The van der Waals surface area contributed by atoms with E-state index in [4.69, 9.17) is 5.73 Å². The van der Waals surface area contributed by atoms with E-state index in [1.807, 2.05) is 0 Å². The molecule has 1 saturated heterocycles. The molecule has 4 heteroatoms. The maximum absolute atomic E-state index is 11.1. The zero-order valence-electron chi connectivity index (χ0n) is 9.99. The van der Waals surface area contributed by atoms with Crippen molar-refractivity contribution < 1.29 is 4.79 Å². The molecular weight excluding hydrogens is 190 g/mol. The van der Waals surface area contributed by atoms with Gasteiger partial charge >= 0.3 is 0 Å². The number of nitrogens with zero attached hydrogens (tertiary/aromatic N) is 1. The van der Waals surface area contributed by atoms with Crippen molar-refractivity contribution in [1.29, 1.82) is 0 Å². The first kappa shape index (κ1) is 12.5. The van der Waals surface area contributed by atoms with Crippen LogP contribution in [-0.2, 0) is 4.79 Å². The topological polar surface area (TPSA) is 58.4 Å².